The van der Waals surface area contributed by atoms with Gasteiger partial charge >= 0.3 is 6.61 Å². The molecule has 2 aliphatic heterocycles. The zero-order chi connectivity index (χ0) is 36.2. The lowest BCUT2D eigenvalue weighted by Gasteiger charge is -2.48. The number of hydrogen-bond acceptors (Lipinski definition) is 6. The highest BCUT2D eigenvalue weighted by molar-refractivity contribution is 6.39. The number of benzene rings is 3. The molecule has 0 bridgehead atoms. The Kier molecular flexibility index (Phi) is 9.25. The Hall–Kier alpha value is -4.05. The first-order valence-corrected chi connectivity index (χ1v) is 18.5. The molecular weight excluding hydrogens is 707 g/mol. The van der Waals surface area contributed by atoms with Crippen LogP contribution in [0.15, 0.2) is 66.7 Å². The summed E-state index contributed by atoms with van der Waals surface area (Å²) in [5.41, 5.74) is 5.72. The van der Waals surface area contributed by atoms with Gasteiger partial charge < -0.3 is 14.8 Å². The number of nitrogens with one attached hydrogen (secondary N) is 1. The van der Waals surface area contributed by atoms with Crippen molar-refractivity contribution in [2.75, 3.05) is 20.2 Å². The summed E-state index contributed by atoms with van der Waals surface area (Å²) in [4.78, 5) is 30.7. The van der Waals surface area contributed by atoms with Crippen LogP contribution in [0.4, 0.5) is 8.78 Å². The molecule has 52 heavy (non-hydrogen) atoms. The van der Waals surface area contributed by atoms with Gasteiger partial charge in [0, 0.05) is 66.7 Å². The standard InChI is InChI=1S/C41H39Cl2F2N3O4/c1-51-38-27(21-48-22-41(23-48)15-13-35(50)47-41)10-11-33(46-38)32-7-3-6-31(37(32)43)30-5-2-4-29(36(30)42)25-8-9-26(34(17-25)52-39(44)45)16-24-18-40(19-24)14-12-28(49)20-40/h2-11,17,24,39H,12-16,18-23H2,1H3,(H,47,50). The van der Waals surface area contributed by atoms with E-state index in [9.17, 15) is 18.4 Å². The van der Waals surface area contributed by atoms with Crippen molar-refractivity contribution in [1.82, 2.24) is 15.2 Å². The minimum Gasteiger partial charge on any atom is -0.481 e. The summed E-state index contributed by atoms with van der Waals surface area (Å²) in [5.74, 6) is 1.43. The van der Waals surface area contributed by atoms with Gasteiger partial charge in [-0.3, -0.25) is 14.5 Å². The highest BCUT2D eigenvalue weighted by atomic mass is 35.5. The highest BCUT2D eigenvalue weighted by Crippen LogP contribution is 2.56. The molecule has 0 radical (unpaired) electrons. The lowest BCUT2D eigenvalue weighted by atomic mass is 9.59. The molecule has 4 fully saturated rings. The predicted octanol–water partition coefficient (Wildman–Crippen LogP) is 9.16. The molecule has 7 nitrogen and oxygen atoms in total. The minimum absolute atomic E-state index is 0.103. The number of Topliss-reactive ketones (excluding diaryl/α,β-unsaturated/α-hetero) is 1. The third-order valence-electron chi connectivity index (χ3n) is 11.4. The number of carbonyl (C=O) groups excluding carboxylic acids is 2. The molecule has 1 amide bonds. The summed E-state index contributed by atoms with van der Waals surface area (Å²) in [5, 5.41) is 4.01. The molecule has 4 aliphatic rings. The fourth-order valence-corrected chi connectivity index (χ4v) is 9.72. The van der Waals surface area contributed by atoms with Gasteiger partial charge in [0.15, 0.2) is 0 Å². The van der Waals surface area contributed by atoms with Crippen LogP contribution in [0.1, 0.15) is 56.1 Å². The number of ketones is 1. The second kappa shape index (κ2) is 13.7. The first kappa shape index (κ1) is 35.0. The average molecular weight is 747 g/mol. The lowest BCUT2D eigenvalue weighted by molar-refractivity contribution is -0.121. The van der Waals surface area contributed by atoms with E-state index in [2.05, 4.69) is 10.2 Å². The van der Waals surface area contributed by atoms with Gasteiger partial charge in [0.2, 0.25) is 11.8 Å². The van der Waals surface area contributed by atoms with Crippen LogP contribution in [-0.4, -0.2) is 53.9 Å². The van der Waals surface area contributed by atoms with Crippen molar-refractivity contribution < 1.29 is 27.8 Å². The Morgan fingerprint density at radius 3 is 2.25 bits per heavy atom. The van der Waals surface area contributed by atoms with Crippen LogP contribution in [0.25, 0.3) is 33.5 Å². The molecular formula is C41H39Cl2F2N3O4. The predicted molar refractivity (Wildman–Crippen MR) is 197 cm³/mol. The molecule has 2 saturated heterocycles. The molecule has 1 N–H and O–H groups in total. The van der Waals surface area contributed by atoms with Crippen molar-refractivity contribution >= 4 is 34.9 Å². The van der Waals surface area contributed by atoms with Crippen molar-refractivity contribution in [1.29, 1.82) is 0 Å². The topological polar surface area (TPSA) is 80.8 Å². The zero-order valence-corrected chi connectivity index (χ0v) is 30.3. The van der Waals surface area contributed by atoms with Crippen LogP contribution >= 0.6 is 23.2 Å². The maximum Gasteiger partial charge on any atom is 0.387 e. The first-order chi connectivity index (χ1) is 25.0. The number of likely N-dealkylation sites (tertiary alicyclic amines) is 1. The normalized spacial score (nSPS) is 22.2. The number of alkyl halides is 2. The number of pyridine rings is 1. The summed E-state index contributed by atoms with van der Waals surface area (Å²) in [6, 6.07) is 20.6. The molecule has 2 aliphatic carbocycles. The molecule has 4 aromatic rings. The SMILES string of the molecule is COc1nc(-c2cccc(-c3cccc(-c4ccc(CC5CC6(CCC(=O)C6)C5)c(OC(F)F)c4)c3Cl)c2Cl)ccc1CN1CC2(CCC(=O)N2)C1. The van der Waals surface area contributed by atoms with Gasteiger partial charge in [-0.05, 0) is 66.7 Å². The van der Waals surface area contributed by atoms with E-state index in [1.54, 1.807) is 13.2 Å². The minimum atomic E-state index is -2.97. The number of amides is 1. The molecule has 3 heterocycles. The fraction of sp³-hybridized carbons (Fsp3) is 0.390. The van der Waals surface area contributed by atoms with E-state index < -0.39 is 6.61 Å². The monoisotopic (exact) mass is 745 g/mol. The van der Waals surface area contributed by atoms with E-state index in [1.165, 1.54) is 0 Å². The summed E-state index contributed by atoms with van der Waals surface area (Å²) in [6.07, 6.45) is 6.18. The molecule has 270 valence electrons. The van der Waals surface area contributed by atoms with Gasteiger partial charge in [-0.25, -0.2) is 4.98 Å². The average Bonchev–Trinajstić information content (AvgIpc) is 3.68. The smallest absolute Gasteiger partial charge is 0.387 e. The van der Waals surface area contributed by atoms with Crippen molar-refractivity contribution in [2.45, 2.75) is 70.1 Å². The van der Waals surface area contributed by atoms with Gasteiger partial charge in [0.1, 0.15) is 11.5 Å². The number of nitrogens with zero attached hydrogens (tertiary/aromatic N) is 2. The molecule has 0 atom stereocenters. The maximum absolute atomic E-state index is 13.6. The summed E-state index contributed by atoms with van der Waals surface area (Å²) in [6.45, 7) is -0.721. The van der Waals surface area contributed by atoms with E-state index in [0.29, 0.717) is 93.4 Å². The van der Waals surface area contributed by atoms with Gasteiger partial charge in [0.25, 0.3) is 0 Å². The third kappa shape index (κ3) is 6.67. The number of halogens is 4. The second-order valence-electron chi connectivity index (χ2n) is 15.1. The van der Waals surface area contributed by atoms with Gasteiger partial charge in [-0.1, -0.05) is 77.8 Å². The number of carbonyl (C=O) groups is 2. The van der Waals surface area contributed by atoms with E-state index in [4.69, 9.17) is 37.7 Å². The number of hydrogen-bond donors (Lipinski definition) is 1. The Labute approximate surface area is 311 Å². The lowest BCUT2D eigenvalue weighted by Crippen LogP contribution is -2.66. The van der Waals surface area contributed by atoms with E-state index >= 15 is 0 Å². The van der Waals surface area contributed by atoms with E-state index in [1.807, 2.05) is 60.7 Å². The number of methoxy groups -OCH3 is 1. The Morgan fingerprint density at radius 1 is 0.904 bits per heavy atom. The molecule has 8 rings (SSSR count). The summed E-state index contributed by atoms with van der Waals surface area (Å²) in [7, 11) is 1.60. The largest absolute Gasteiger partial charge is 0.481 e. The van der Waals surface area contributed by atoms with Crippen molar-refractivity contribution in [3.05, 3.63) is 87.9 Å². The van der Waals surface area contributed by atoms with Crippen LogP contribution in [0.2, 0.25) is 10.0 Å². The molecule has 2 spiro atoms. The Balaban J connectivity index is 1.03. The molecule has 0 unspecified atom stereocenters. The number of aromatic nitrogens is 1. The molecule has 1 aromatic heterocycles. The van der Waals surface area contributed by atoms with Crippen molar-refractivity contribution in [2.24, 2.45) is 11.3 Å². The Bertz CT molecular complexity index is 2060. The van der Waals surface area contributed by atoms with Crippen LogP contribution in [-0.2, 0) is 22.6 Å². The summed E-state index contributed by atoms with van der Waals surface area (Å²) >= 11 is 14.2. The zero-order valence-electron chi connectivity index (χ0n) is 28.8. The van der Waals surface area contributed by atoms with Crippen molar-refractivity contribution in [3.63, 3.8) is 0 Å². The maximum atomic E-state index is 13.6. The highest BCUT2D eigenvalue weighted by Gasteiger charge is 2.49. The number of rotatable bonds is 10. The van der Waals surface area contributed by atoms with Crippen LogP contribution in [0.5, 0.6) is 11.6 Å². The van der Waals surface area contributed by atoms with E-state index in [0.717, 1.165) is 49.9 Å². The van der Waals surface area contributed by atoms with Gasteiger partial charge in [-0.2, -0.15) is 8.78 Å². The number of ether oxygens (including phenoxy) is 2. The molecule has 11 heteroatoms. The molecule has 3 aromatic carbocycles. The van der Waals surface area contributed by atoms with Crippen molar-refractivity contribution in [3.8, 4) is 45.1 Å². The molecule has 2 saturated carbocycles. The third-order valence-corrected chi connectivity index (χ3v) is 12.2. The van der Waals surface area contributed by atoms with Crippen LogP contribution in [0, 0.1) is 11.3 Å². The van der Waals surface area contributed by atoms with Gasteiger partial charge in [-0.15, -0.1) is 0 Å². The first-order valence-electron chi connectivity index (χ1n) is 17.8. The summed E-state index contributed by atoms with van der Waals surface area (Å²) < 4.78 is 38.0. The van der Waals surface area contributed by atoms with Crippen LogP contribution in [0.3, 0.4) is 0 Å². The van der Waals surface area contributed by atoms with Crippen LogP contribution < -0.4 is 14.8 Å². The second-order valence-corrected chi connectivity index (χ2v) is 15.8. The quantitative estimate of drug-likeness (QED) is 0.174. The van der Waals surface area contributed by atoms with Gasteiger partial charge in [0.05, 0.1) is 28.4 Å². The fourth-order valence-electron chi connectivity index (χ4n) is 9.06. The van der Waals surface area contributed by atoms with E-state index in [-0.39, 0.29) is 22.6 Å². The Morgan fingerprint density at radius 2 is 1.60 bits per heavy atom.